The molecule has 0 aliphatic heterocycles. The maximum Gasteiger partial charge on any atom is 0.336 e. The first kappa shape index (κ1) is 14.1. The van der Waals surface area contributed by atoms with Gasteiger partial charge < -0.3 is 10.0 Å². The SMILES string of the molecule is C=CCN(CCC)c1cc(C(=O)O)c2ccccc2n1. The molecule has 0 fully saturated rings. The van der Waals surface area contributed by atoms with Crippen molar-refractivity contribution in [1.29, 1.82) is 0 Å². The fourth-order valence-electron chi connectivity index (χ4n) is 2.23. The van der Waals surface area contributed by atoms with Crippen molar-refractivity contribution in [2.45, 2.75) is 13.3 Å². The molecule has 1 N–H and O–H groups in total. The smallest absolute Gasteiger partial charge is 0.336 e. The van der Waals surface area contributed by atoms with E-state index in [4.69, 9.17) is 0 Å². The molecular formula is C16H18N2O2. The molecule has 1 heterocycles. The van der Waals surface area contributed by atoms with Crippen molar-refractivity contribution in [2.24, 2.45) is 0 Å². The molecule has 0 aliphatic rings. The van der Waals surface area contributed by atoms with Gasteiger partial charge in [0.25, 0.3) is 0 Å². The molecule has 0 spiro atoms. The van der Waals surface area contributed by atoms with E-state index in [0.29, 0.717) is 23.3 Å². The molecule has 0 saturated heterocycles. The topological polar surface area (TPSA) is 53.4 Å². The van der Waals surface area contributed by atoms with Crippen molar-refractivity contribution >= 4 is 22.7 Å². The summed E-state index contributed by atoms with van der Waals surface area (Å²) in [6.07, 6.45) is 2.76. The molecule has 0 radical (unpaired) electrons. The van der Waals surface area contributed by atoms with Crippen LogP contribution in [0.25, 0.3) is 10.9 Å². The summed E-state index contributed by atoms with van der Waals surface area (Å²) in [6, 6.07) is 8.95. The van der Waals surface area contributed by atoms with E-state index in [2.05, 4.69) is 18.5 Å². The Morgan fingerprint density at radius 3 is 2.85 bits per heavy atom. The number of nitrogens with zero attached hydrogens (tertiary/aromatic N) is 2. The Morgan fingerprint density at radius 2 is 2.20 bits per heavy atom. The Balaban J connectivity index is 2.58. The van der Waals surface area contributed by atoms with Crippen LogP contribution >= 0.6 is 0 Å². The third-order valence-electron chi connectivity index (χ3n) is 3.10. The maximum absolute atomic E-state index is 11.4. The predicted molar refractivity (Wildman–Crippen MR) is 81.4 cm³/mol. The van der Waals surface area contributed by atoms with Crippen LogP contribution in [0, 0.1) is 0 Å². The van der Waals surface area contributed by atoms with Gasteiger partial charge in [-0.25, -0.2) is 9.78 Å². The van der Waals surface area contributed by atoms with Crippen molar-refractivity contribution in [3.05, 3.63) is 48.6 Å². The van der Waals surface area contributed by atoms with E-state index in [9.17, 15) is 9.90 Å². The summed E-state index contributed by atoms with van der Waals surface area (Å²) >= 11 is 0. The van der Waals surface area contributed by atoms with Gasteiger partial charge in [0, 0.05) is 18.5 Å². The molecule has 0 atom stereocenters. The lowest BCUT2D eigenvalue weighted by atomic mass is 10.1. The average molecular weight is 270 g/mol. The van der Waals surface area contributed by atoms with E-state index in [1.807, 2.05) is 23.1 Å². The van der Waals surface area contributed by atoms with Crippen LogP contribution in [0.2, 0.25) is 0 Å². The van der Waals surface area contributed by atoms with E-state index in [0.717, 1.165) is 13.0 Å². The van der Waals surface area contributed by atoms with E-state index in [-0.39, 0.29) is 5.56 Å². The summed E-state index contributed by atoms with van der Waals surface area (Å²) in [7, 11) is 0. The minimum absolute atomic E-state index is 0.288. The van der Waals surface area contributed by atoms with Crippen LogP contribution in [0.1, 0.15) is 23.7 Å². The van der Waals surface area contributed by atoms with Gasteiger partial charge in [0.05, 0.1) is 11.1 Å². The van der Waals surface area contributed by atoms with Gasteiger partial charge in [0.2, 0.25) is 0 Å². The van der Waals surface area contributed by atoms with Crippen LogP contribution in [0.4, 0.5) is 5.82 Å². The van der Waals surface area contributed by atoms with Crippen molar-refractivity contribution in [3.63, 3.8) is 0 Å². The van der Waals surface area contributed by atoms with Crippen LogP contribution in [-0.2, 0) is 0 Å². The monoisotopic (exact) mass is 270 g/mol. The van der Waals surface area contributed by atoms with Crippen LogP contribution in [0.3, 0.4) is 0 Å². The zero-order valence-corrected chi connectivity index (χ0v) is 11.5. The number of carboxylic acids is 1. The number of para-hydroxylation sites is 1. The number of fused-ring (bicyclic) bond motifs is 1. The highest BCUT2D eigenvalue weighted by Crippen LogP contribution is 2.23. The lowest BCUT2D eigenvalue weighted by molar-refractivity contribution is 0.0699. The molecular weight excluding hydrogens is 252 g/mol. The zero-order valence-electron chi connectivity index (χ0n) is 11.5. The molecule has 0 bridgehead atoms. The second-order valence-electron chi connectivity index (χ2n) is 4.59. The van der Waals surface area contributed by atoms with E-state index in [1.54, 1.807) is 18.2 Å². The fraction of sp³-hybridized carbons (Fsp3) is 0.250. The van der Waals surface area contributed by atoms with Crippen LogP contribution < -0.4 is 4.90 Å². The average Bonchev–Trinajstić information content (AvgIpc) is 2.45. The quantitative estimate of drug-likeness (QED) is 0.818. The summed E-state index contributed by atoms with van der Waals surface area (Å²) < 4.78 is 0. The van der Waals surface area contributed by atoms with Crippen molar-refractivity contribution < 1.29 is 9.90 Å². The number of carbonyl (C=O) groups is 1. The normalized spacial score (nSPS) is 10.4. The number of hydrogen-bond donors (Lipinski definition) is 1. The van der Waals surface area contributed by atoms with Gasteiger partial charge in [0.1, 0.15) is 5.82 Å². The number of pyridine rings is 1. The highest BCUT2D eigenvalue weighted by atomic mass is 16.4. The number of rotatable bonds is 6. The molecule has 0 aliphatic carbocycles. The van der Waals surface area contributed by atoms with Gasteiger partial charge in [-0.1, -0.05) is 31.2 Å². The minimum Gasteiger partial charge on any atom is -0.478 e. The predicted octanol–water partition coefficient (Wildman–Crippen LogP) is 3.34. The molecule has 0 unspecified atom stereocenters. The molecule has 0 amide bonds. The largest absolute Gasteiger partial charge is 0.478 e. The Labute approximate surface area is 118 Å². The highest BCUT2D eigenvalue weighted by molar-refractivity contribution is 6.03. The van der Waals surface area contributed by atoms with E-state index in [1.165, 1.54) is 0 Å². The number of aromatic carboxylic acids is 1. The lowest BCUT2D eigenvalue weighted by Gasteiger charge is -2.22. The molecule has 4 heteroatoms. The van der Waals surface area contributed by atoms with Crippen LogP contribution in [-0.4, -0.2) is 29.1 Å². The Hall–Kier alpha value is -2.36. The summed E-state index contributed by atoms with van der Waals surface area (Å²) in [6.45, 7) is 7.29. The summed E-state index contributed by atoms with van der Waals surface area (Å²) in [5.41, 5.74) is 0.989. The molecule has 20 heavy (non-hydrogen) atoms. The highest BCUT2D eigenvalue weighted by Gasteiger charge is 2.14. The van der Waals surface area contributed by atoms with E-state index < -0.39 is 5.97 Å². The minimum atomic E-state index is -0.931. The second-order valence-corrected chi connectivity index (χ2v) is 4.59. The van der Waals surface area contributed by atoms with E-state index >= 15 is 0 Å². The van der Waals surface area contributed by atoms with Gasteiger partial charge in [-0.3, -0.25) is 0 Å². The Kier molecular flexibility index (Phi) is 4.35. The summed E-state index contributed by atoms with van der Waals surface area (Å²) in [5.74, 6) is -0.247. The maximum atomic E-state index is 11.4. The molecule has 1 aromatic heterocycles. The summed E-state index contributed by atoms with van der Waals surface area (Å²) in [5, 5.41) is 10.0. The molecule has 104 valence electrons. The third-order valence-corrected chi connectivity index (χ3v) is 3.10. The van der Waals surface area contributed by atoms with Gasteiger partial charge in [0.15, 0.2) is 0 Å². The van der Waals surface area contributed by atoms with Crippen molar-refractivity contribution in [1.82, 2.24) is 4.98 Å². The standard InChI is InChI=1S/C16H18N2O2/c1-3-9-18(10-4-2)15-11-13(16(19)20)12-7-5-6-8-14(12)17-15/h3,5-8,11H,1,4,9-10H2,2H3,(H,19,20). The molecule has 4 nitrogen and oxygen atoms in total. The van der Waals surface area contributed by atoms with Gasteiger partial charge in [-0.05, 0) is 18.6 Å². The first-order valence-corrected chi connectivity index (χ1v) is 6.66. The molecule has 2 rings (SSSR count). The lowest BCUT2D eigenvalue weighted by Crippen LogP contribution is -2.25. The number of benzene rings is 1. The van der Waals surface area contributed by atoms with Crippen molar-refractivity contribution in [3.8, 4) is 0 Å². The number of carboxylic acid groups (broad SMARTS) is 1. The third kappa shape index (κ3) is 2.79. The molecule has 0 saturated carbocycles. The first-order valence-electron chi connectivity index (χ1n) is 6.66. The fourth-order valence-corrected chi connectivity index (χ4v) is 2.23. The number of aromatic nitrogens is 1. The van der Waals surface area contributed by atoms with Crippen LogP contribution in [0.5, 0.6) is 0 Å². The molecule has 2 aromatic rings. The number of hydrogen-bond acceptors (Lipinski definition) is 3. The van der Waals surface area contributed by atoms with Crippen LogP contribution in [0.15, 0.2) is 43.0 Å². The zero-order chi connectivity index (χ0) is 14.5. The van der Waals surface area contributed by atoms with Crippen molar-refractivity contribution in [2.75, 3.05) is 18.0 Å². The molecule has 1 aromatic carbocycles. The van der Waals surface area contributed by atoms with Gasteiger partial charge in [-0.2, -0.15) is 0 Å². The Bertz CT molecular complexity index is 637. The Morgan fingerprint density at radius 1 is 1.45 bits per heavy atom. The summed E-state index contributed by atoms with van der Waals surface area (Å²) in [4.78, 5) is 18.0. The first-order chi connectivity index (χ1) is 9.67. The van der Waals surface area contributed by atoms with Gasteiger partial charge >= 0.3 is 5.97 Å². The van der Waals surface area contributed by atoms with Gasteiger partial charge in [-0.15, -0.1) is 6.58 Å². The second kappa shape index (κ2) is 6.19. The number of anilines is 1.